The average molecular weight is 282 g/mol. The molecule has 1 aromatic heterocycles. The smallest absolute Gasteiger partial charge is 0.227 e. The van der Waals surface area contributed by atoms with Crippen LogP contribution in [-0.2, 0) is 0 Å². The molecule has 0 aliphatic carbocycles. The summed E-state index contributed by atoms with van der Waals surface area (Å²) in [6, 6.07) is 7.87. The van der Waals surface area contributed by atoms with Gasteiger partial charge in [-0.2, -0.15) is 0 Å². The average Bonchev–Trinajstić information content (AvgIpc) is 2.30. The number of nitrogens with zero attached hydrogens (tertiary/aromatic N) is 3. The summed E-state index contributed by atoms with van der Waals surface area (Å²) in [5.74, 6) is 0.502. The fourth-order valence-corrected chi connectivity index (χ4v) is 2.26. The van der Waals surface area contributed by atoms with E-state index < -0.39 is 0 Å². The van der Waals surface area contributed by atoms with Crippen LogP contribution in [0.4, 0.5) is 5.95 Å². The summed E-state index contributed by atoms with van der Waals surface area (Å²) in [7, 11) is 3.69. The third-order valence-corrected chi connectivity index (χ3v) is 3.17. The molecule has 0 radical (unpaired) electrons. The van der Waals surface area contributed by atoms with Crippen molar-refractivity contribution in [3.05, 3.63) is 40.1 Å². The third kappa shape index (κ3) is 2.42. The number of anilines is 1. The molecule has 0 aliphatic rings. The zero-order chi connectivity index (χ0) is 13.3. The molecule has 0 unspecified atom stereocenters. The molecule has 0 atom stereocenters. The molecule has 0 aliphatic heterocycles. The number of rotatable bonds is 2. The molecule has 0 saturated carbocycles. The van der Waals surface area contributed by atoms with Gasteiger partial charge in [0.1, 0.15) is 10.3 Å². The van der Waals surface area contributed by atoms with Gasteiger partial charge in [-0.3, -0.25) is 0 Å². The Bertz CT molecular complexity index is 559. The molecule has 2 rings (SSSR count). The Hall–Kier alpha value is -1.32. The van der Waals surface area contributed by atoms with Gasteiger partial charge in [0.15, 0.2) is 0 Å². The Morgan fingerprint density at radius 2 is 1.56 bits per heavy atom. The SMILES string of the molecule is Cc1ccccc1-c1c(Cl)nc(N(C)C)nc1Cl. The molecule has 0 spiro atoms. The topological polar surface area (TPSA) is 29.0 Å². The van der Waals surface area contributed by atoms with E-state index >= 15 is 0 Å². The number of aryl methyl sites for hydroxylation is 1. The molecule has 0 saturated heterocycles. The van der Waals surface area contributed by atoms with E-state index in [1.165, 1.54) is 0 Å². The normalized spacial score (nSPS) is 10.5. The summed E-state index contributed by atoms with van der Waals surface area (Å²) in [5, 5.41) is 0.737. The van der Waals surface area contributed by atoms with E-state index in [1.807, 2.05) is 45.3 Å². The monoisotopic (exact) mass is 281 g/mol. The highest BCUT2D eigenvalue weighted by Gasteiger charge is 2.15. The number of aromatic nitrogens is 2. The van der Waals surface area contributed by atoms with Crippen LogP contribution in [0, 0.1) is 6.92 Å². The standard InChI is InChI=1S/C13H13Cl2N3/c1-8-6-4-5-7-9(8)10-11(14)16-13(18(2)3)17-12(10)15/h4-7H,1-3H3. The van der Waals surface area contributed by atoms with Crippen molar-refractivity contribution in [2.75, 3.05) is 19.0 Å². The van der Waals surface area contributed by atoms with Crippen LogP contribution in [0.15, 0.2) is 24.3 Å². The van der Waals surface area contributed by atoms with Crippen molar-refractivity contribution < 1.29 is 0 Å². The summed E-state index contributed by atoms with van der Waals surface area (Å²) in [4.78, 5) is 10.3. The van der Waals surface area contributed by atoms with Crippen molar-refractivity contribution in [2.24, 2.45) is 0 Å². The van der Waals surface area contributed by atoms with Gasteiger partial charge < -0.3 is 4.90 Å². The first kappa shape index (κ1) is 13.1. The molecule has 0 fully saturated rings. The Labute approximate surface area is 116 Å². The fourth-order valence-electron chi connectivity index (χ4n) is 1.67. The van der Waals surface area contributed by atoms with Gasteiger partial charge in [-0.15, -0.1) is 0 Å². The first-order chi connectivity index (χ1) is 8.50. The maximum Gasteiger partial charge on any atom is 0.227 e. The largest absolute Gasteiger partial charge is 0.347 e. The lowest BCUT2D eigenvalue weighted by molar-refractivity contribution is 1.00. The van der Waals surface area contributed by atoms with Crippen LogP contribution in [0.1, 0.15) is 5.56 Å². The van der Waals surface area contributed by atoms with Crippen LogP contribution < -0.4 is 4.90 Å². The maximum absolute atomic E-state index is 6.22. The lowest BCUT2D eigenvalue weighted by Gasteiger charge is -2.14. The van der Waals surface area contributed by atoms with Crippen LogP contribution in [0.2, 0.25) is 10.3 Å². The molecule has 0 N–H and O–H groups in total. The van der Waals surface area contributed by atoms with Crippen LogP contribution >= 0.6 is 23.2 Å². The van der Waals surface area contributed by atoms with Crippen molar-refractivity contribution in [2.45, 2.75) is 6.92 Å². The van der Waals surface area contributed by atoms with Crippen LogP contribution in [-0.4, -0.2) is 24.1 Å². The Morgan fingerprint density at radius 1 is 1.00 bits per heavy atom. The molecular formula is C13H13Cl2N3. The van der Waals surface area contributed by atoms with Gasteiger partial charge in [-0.25, -0.2) is 9.97 Å². The molecule has 94 valence electrons. The van der Waals surface area contributed by atoms with E-state index in [-0.39, 0.29) is 0 Å². The second-order valence-corrected chi connectivity index (χ2v) is 4.91. The summed E-state index contributed by atoms with van der Waals surface area (Å²) in [5.41, 5.74) is 2.72. The van der Waals surface area contributed by atoms with Crippen LogP contribution in [0.5, 0.6) is 0 Å². The number of benzene rings is 1. The lowest BCUT2D eigenvalue weighted by atomic mass is 10.0. The number of hydrogen-bond acceptors (Lipinski definition) is 3. The summed E-state index contributed by atoms with van der Waals surface area (Å²) in [6.07, 6.45) is 0. The molecule has 3 nitrogen and oxygen atoms in total. The highest BCUT2D eigenvalue weighted by Crippen LogP contribution is 2.35. The molecule has 5 heteroatoms. The first-order valence-electron chi connectivity index (χ1n) is 5.47. The quantitative estimate of drug-likeness (QED) is 0.784. The van der Waals surface area contributed by atoms with Gasteiger partial charge in [-0.1, -0.05) is 47.5 Å². The minimum absolute atomic E-state index is 0.369. The minimum atomic E-state index is 0.369. The zero-order valence-corrected chi connectivity index (χ0v) is 11.9. The molecule has 0 amide bonds. The summed E-state index contributed by atoms with van der Waals surface area (Å²) in [6.45, 7) is 2.00. The zero-order valence-electron chi connectivity index (χ0n) is 10.4. The van der Waals surface area contributed by atoms with Gasteiger partial charge in [0.2, 0.25) is 5.95 Å². The minimum Gasteiger partial charge on any atom is -0.347 e. The van der Waals surface area contributed by atoms with Crippen LogP contribution in [0.3, 0.4) is 0 Å². The van der Waals surface area contributed by atoms with Crippen molar-refractivity contribution in [1.82, 2.24) is 9.97 Å². The Morgan fingerprint density at radius 3 is 2.06 bits per heavy atom. The van der Waals surface area contributed by atoms with Gasteiger partial charge in [-0.05, 0) is 18.1 Å². The van der Waals surface area contributed by atoms with E-state index in [1.54, 1.807) is 4.90 Å². The molecular weight excluding hydrogens is 269 g/mol. The van der Waals surface area contributed by atoms with Crippen molar-refractivity contribution in [3.8, 4) is 11.1 Å². The molecule has 1 heterocycles. The van der Waals surface area contributed by atoms with Crippen molar-refractivity contribution >= 4 is 29.2 Å². The van der Waals surface area contributed by atoms with Crippen molar-refractivity contribution in [3.63, 3.8) is 0 Å². The highest BCUT2D eigenvalue weighted by atomic mass is 35.5. The van der Waals surface area contributed by atoms with Crippen molar-refractivity contribution in [1.29, 1.82) is 0 Å². The molecule has 18 heavy (non-hydrogen) atoms. The second-order valence-electron chi connectivity index (χ2n) is 4.19. The lowest BCUT2D eigenvalue weighted by Crippen LogP contribution is -2.13. The maximum atomic E-state index is 6.22. The van der Waals surface area contributed by atoms with E-state index in [2.05, 4.69) is 9.97 Å². The Balaban J connectivity index is 2.63. The molecule has 0 bridgehead atoms. The van der Waals surface area contributed by atoms with E-state index in [4.69, 9.17) is 23.2 Å². The summed E-state index contributed by atoms with van der Waals surface area (Å²) < 4.78 is 0. The second kappa shape index (κ2) is 5.12. The van der Waals surface area contributed by atoms with Gasteiger partial charge in [0, 0.05) is 14.1 Å². The van der Waals surface area contributed by atoms with E-state index in [0.29, 0.717) is 21.8 Å². The van der Waals surface area contributed by atoms with Gasteiger partial charge >= 0.3 is 0 Å². The predicted molar refractivity (Wildman–Crippen MR) is 76.6 cm³/mol. The number of halogens is 2. The summed E-state index contributed by atoms with van der Waals surface area (Å²) >= 11 is 12.4. The fraction of sp³-hybridized carbons (Fsp3) is 0.231. The Kier molecular flexibility index (Phi) is 3.73. The number of hydrogen-bond donors (Lipinski definition) is 0. The first-order valence-corrected chi connectivity index (χ1v) is 6.22. The molecule has 1 aromatic carbocycles. The van der Waals surface area contributed by atoms with Gasteiger partial charge in [0.05, 0.1) is 5.56 Å². The predicted octanol–water partition coefficient (Wildman–Crippen LogP) is 3.82. The van der Waals surface area contributed by atoms with E-state index in [9.17, 15) is 0 Å². The van der Waals surface area contributed by atoms with E-state index in [0.717, 1.165) is 11.1 Å². The molecule has 2 aromatic rings. The third-order valence-electron chi connectivity index (χ3n) is 2.62. The highest BCUT2D eigenvalue weighted by molar-refractivity contribution is 6.37. The van der Waals surface area contributed by atoms with Crippen LogP contribution in [0.25, 0.3) is 11.1 Å². The van der Waals surface area contributed by atoms with Gasteiger partial charge in [0.25, 0.3) is 0 Å².